The van der Waals surface area contributed by atoms with Crippen LogP contribution in [0.4, 0.5) is 11.4 Å². The smallest absolute Gasteiger partial charge is 0.247 e. The van der Waals surface area contributed by atoms with Crippen molar-refractivity contribution in [1.29, 1.82) is 0 Å². The first-order valence-electron chi connectivity index (χ1n) is 22.9. The predicted molar refractivity (Wildman–Crippen MR) is 253 cm³/mol. The van der Waals surface area contributed by atoms with Crippen molar-refractivity contribution in [3.05, 3.63) is 120 Å². The fourth-order valence-corrected chi connectivity index (χ4v) is 9.31. The summed E-state index contributed by atoms with van der Waals surface area (Å²) in [7, 11) is 2.00. The number of amides is 4. The molecule has 3 heterocycles. The van der Waals surface area contributed by atoms with Crippen LogP contribution in [0.25, 0.3) is 22.2 Å². The third-order valence-electron chi connectivity index (χ3n) is 12.5. The Balaban J connectivity index is 0.987. The largest absolute Gasteiger partial charge is 0.355 e. The fourth-order valence-electron chi connectivity index (χ4n) is 9.31. The molecule has 0 spiro atoms. The average molecular weight is 852 g/mol. The Hall–Kier alpha value is -5.78. The maximum Gasteiger partial charge on any atom is 0.247 e. The van der Waals surface area contributed by atoms with Gasteiger partial charge in [0.15, 0.2) is 0 Å². The van der Waals surface area contributed by atoms with Gasteiger partial charge in [-0.05, 0) is 124 Å². The Kier molecular flexibility index (Phi) is 14.8. The zero-order valence-corrected chi connectivity index (χ0v) is 37.8. The van der Waals surface area contributed by atoms with Gasteiger partial charge in [-0.15, -0.1) is 0 Å². The highest BCUT2D eigenvalue weighted by Crippen LogP contribution is 2.31. The number of aromatic nitrogens is 1. The topological polar surface area (TPSA) is 130 Å². The summed E-state index contributed by atoms with van der Waals surface area (Å²) in [5.74, 6) is 0.514. The molecule has 332 valence electrons. The molecule has 0 bridgehead atoms. The SMILES string of the molecule is CC(C)CCN(C)[C@@H](C(=O)N1CCC[C@H]1C(=O)Nc1ccc(-c2cc3cc(NC(=O)[C@@H]4CCCN4C(=O)[C@H](NC(C)CC(C)C)c4ccccc4)ccc3[nH]2)cc1)c1ccccc1. The summed E-state index contributed by atoms with van der Waals surface area (Å²) in [6.07, 6.45) is 4.67. The van der Waals surface area contributed by atoms with Gasteiger partial charge in [0, 0.05) is 47.1 Å². The highest BCUT2D eigenvalue weighted by Gasteiger charge is 2.40. The standard InChI is InChI=1S/C52H65N7O4/c1-34(2)27-30-57(6)48(39-17-11-8-12-18-39)52(63)59-29-14-20-46(59)49(60)54-41-23-21-37(22-24-41)44-33-40-32-42(25-26-43(40)56-44)55-50(61)45-19-13-28-58(45)51(62)47(38-15-9-7-10-16-38)53-36(5)31-35(3)4/h7-12,15-18,21-26,32-36,45-48,53,56H,13-14,19-20,27-31H2,1-6H3,(H,54,60)(H,55,61)/t36?,45-,46-,47+,48+/m0/s1. The highest BCUT2D eigenvalue weighted by atomic mass is 16.2. The molecular formula is C52H65N7O4. The quantitative estimate of drug-likeness (QED) is 0.0739. The summed E-state index contributed by atoms with van der Waals surface area (Å²) < 4.78 is 0. The average Bonchev–Trinajstić information content (AvgIpc) is 4.06. The zero-order valence-electron chi connectivity index (χ0n) is 37.8. The van der Waals surface area contributed by atoms with Gasteiger partial charge in [0.05, 0.1) is 0 Å². The molecule has 7 rings (SSSR count). The molecule has 4 N–H and O–H groups in total. The summed E-state index contributed by atoms with van der Waals surface area (Å²) in [5, 5.41) is 10.7. The molecule has 63 heavy (non-hydrogen) atoms. The number of hydrogen-bond acceptors (Lipinski definition) is 6. The number of nitrogens with zero attached hydrogens (tertiary/aromatic N) is 3. The van der Waals surface area contributed by atoms with E-state index in [1.54, 1.807) is 9.80 Å². The molecule has 2 aliphatic heterocycles. The number of nitrogens with one attached hydrogen (secondary N) is 4. The van der Waals surface area contributed by atoms with Gasteiger partial charge in [-0.3, -0.25) is 29.4 Å². The Labute approximate surface area is 373 Å². The Morgan fingerprint density at radius 1 is 0.683 bits per heavy atom. The molecule has 11 nitrogen and oxygen atoms in total. The second kappa shape index (κ2) is 20.6. The monoisotopic (exact) mass is 852 g/mol. The van der Waals surface area contributed by atoms with Crippen molar-refractivity contribution in [1.82, 2.24) is 25.0 Å². The van der Waals surface area contributed by atoms with Crippen molar-refractivity contribution >= 4 is 45.9 Å². The molecule has 2 saturated heterocycles. The number of aromatic amines is 1. The van der Waals surface area contributed by atoms with Crippen LogP contribution < -0.4 is 16.0 Å². The number of hydrogen-bond donors (Lipinski definition) is 4. The lowest BCUT2D eigenvalue weighted by molar-refractivity contribution is -0.141. The second-order valence-corrected chi connectivity index (χ2v) is 18.4. The molecule has 0 saturated carbocycles. The summed E-state index contributed by atoms with van der Waals surface area (Å²) >= 11 is 0. The number of carbonyl (C=O) groups is 4. The molecule has 0 radical (unpaired) electrons. The van der Waals surface area contributed by atoms with E-state index in [9.17, 15) is 19.2 Å². The van der Waals surface area contributed by atoms with E-state index < -0.39 is 24.2 Å². The number of carbonyl (C=O) groups excluding carboxylic acids is 4. The summed E-state index contributed by atoms with van der Waals surface area (Å²) in [6, 6.07) is 33.2. The van der Waals surface area contributed by atoms with Crippen molar-refractivity contribution in [3.63, 3.8) is 0 Å². The molecule has 1 aromatic heterocycles. The second-order valence-electron chi connectivity index (χ2n) is 18.4. The third kappa shape index (κ3) is 11.1. The van der Waals surface area contributed by atoms with E-state index >= 15 is 0 Å². The van der Waals surface area contributed by atoms with E-state index in [0.717, 1.165) is 65.5 Å². The number of H-pyrrole nitrogens is 1. The van der Waals surface area contributed by atoms with Crippen LogP contribution in [0.15, 0.2) is 109 Å². The van der Waals surface area contributed by atoms with Gasteiger partial charge in [-0.2, -0.15) is 0 Å². The lowest BCUT2D eigenvalue weighted by atomic mass is 10.0. The van der Waals surface area contributed by atoms with E-state index in [1.807, 2.05) is 116 Å². The number of likely N-dealkylation sites (N-methyl/N-ethyl adjacent to an activating group) is 1. The maximum absolute atomic E-state index is 14.2. The highest BCUT2D eigenvalue weighted by molar-refractivity contribution is 6.01. The first kappa shape index (κ1) is 45.3. The van der Waals surface area contributed by atoms with E-state index in [1.165, 1.54) is 0 Å². The molecule has 4 amide bonds. The summed E-state index contributed by atoms with van der Waals surface area (Å²) in [4.78, 5) is 65.2. The fraction of sp³-hybridized carbons (Fsp3) is 0.423. The number of rotatable bonds is 17. The zero-order chi connectivity index (χ0) is 44.6. The van der Waals surface area contributed by atoms with E-state index in [2.05, 4.69) is 60.5 Å². The van der Waals surface area contributed by atoms with Gasteiger partial charge in [-0.25, -0.2) is 0 Å². The van der Waals surface area contributed by atoms with Crippen LogP contribution in [0.1, 0.15) is 96.4 Å². The lowest BCUT2D eigenvalue weighted by Crippen LogP contribution is -2.49. The minimum absolute atomic E-state index is 0.0373. The molecule has 4 aromatic carbocycles. The van der Waals surface area contributed by atoms with E-state index in [0.29, 0.717) is 49.1 Å². The number of fused-ring (bicyclic) bond motifs is 1. The summed E-state index contributed by atoms with van der Waals surface area (Å²) in [5.41, 5.74) is 5.90. The van der Waals surface area contributed by atoms with Crippen LogP contribution in [0.3, 0.4) is 0 Å². The van der Waals surface area contributed by atoms with Crippen LogP contribution in [-0.2, 0) is 19.2 Å². The minimum atomic E-state index is -0.563. The van der Waals surface area contributed by atoms with Gasteiger partial charge in [-0.1, -0.05) is 100 Å². The molecule has 0 aliphatic carbocycles. The molecule has 11 heteroatoms. The molecule has 5 aromatic rings. The number of likely N-dealkylation sites (tertiary alicyclic amines) is 2. The number of benzene rings is 4. The Morgan fingerprint density at radius 3 is 1.86 bits per heavy atom. The molecule has 5 atom stereocenters. The van der Waals surface area contributed by atoms with Crippen LogP contribution >= 0.6 is 0 Å². The van der Waals surface area contributed by atoms with Crippen molar-refractivity contribution in [2.45, 2.75) is 103 Å². The van der Waals surface area contributed by atoms with Crippen molar-refractivity contribution in [2.75, 3.05) is 37.3 Å². The van der Waals surface area contributed by atoms with Crippen LogP contribution in [0, 0.1) is 11.8 Å². The van der Waals surface area contributed by atoms with Crippen LogP contribution in [-0.4, -0.2) is 88.1 Å². The molecule has 1 unspecified atom stereocenters. The third-order valence-corrected chi connectivity index (χ3v) is 12.5. The van der Waals surface area contributed by atoms with Gasteiger partial charge in [0.2, 0.25) is 23.6 Å². The summed E-state index contributed by atoms with van der Waals surface area (Å²) in [6.45, 7) is 12.7. The Morgan fingerprint density at radius 2 is 1.25 bits per heavy atom. The minimum Gasteiger partial charge on any atom is -0.355 e. The van der Waals surface area contributed by atoms with E-state index in [-0.39, 0.29) is 29.7 Å². The molecule has 2 aliphatic rings. The Bertz CT molecular complexity index is 2330. The predicted octanol–water partition coefficient (Wildman–Crippen LogP) is 9.18. The van der Waals surface area contributed by atoms with Crippen molar-refractivity contribution in [3.8, 4) is 11.3 Å². The van der Waals surface area contributed by atoms with Gasteiger partial charge < -0.3 is 25.4 Å². The number of anilines is 2. The van der Waals surface area contributed by atoms with Crippen LogP contribution in [0.5, 0.6) is 0 Å². The van der Waals surface area contributed by atoms with Crippen molar-refractivity contribution < 1.29 is 19.2 Å². The van der Waals surface area contributed by atoms with Gasteiger partial charge >= 0.3 is 0 Å². The van der Waals surface area contributed by atoms with E-state index in [4.69, 9.17) is 0 Å². The first-order valence-corrected chi connectivity index (χ1v) is 22.9. The van der Waals surface area contributed by atoms with Gasteiger partial charge in [0.1, 0.15) is 24.2 Å². The van der Waals surface area contributed by atoms with Crippen molar-refractivity contribution in [2.24, 2.45) is 11.8 Å². The molecule has 2 fully saturated rings. The molecular weight excluding hydrogens is 787 g/mol. The first-order chi connectivity index (χ1) is 30.4. The maximum atomic E-state index is 14.2. The lowest BCUT2D eigenvalue weighted by Gasteiger charge is -2.33. The van der Waals surface area contributed by atoms with Crippen LogP contribution in [0.2, 0.25) is 0 Å². The van der Waals surface area contributed by atoms with Gasteiger partial charge in [0.25, 0.3) is 0 Å². The normalized spacial score (nSPS) is 18.0.